The summed E-state index contributed by atoms with van der Waals surface area (Å²) < 4.78 is 37.7. The third-order valence-electron chi connectivity index (χ3n) is 3.84. The minimum atomic E-state index is -5.08. The van der Waals surface area contributed by atoms with E-state index in [2.05, 4.69) is 16.4 Å². The highest BCUT2D eigenvalue weighted by Gasteiger charge is 2.38. The number of hydrogen-bond acceptors (Lipinski definition) is 4. The molecule has 2 aliphatic heterocycles. The van der Waals surface area contributed by atoms with Gasteiger partial charge in [0.15, 0.2) is 0 Å². The number of nitrogens with one attached hydrogen (secondary N) is 1. The van der Waals surface area contributed by atoms with Crippen LogP contribution in [0.2, 0.25) is 0 Å². The van der Waals surface area contributed by atoms with E-state index in [1.807, 2.05) is 19.2 Å². The van der Waals surface area contributed by atoms with Gasteiger partial charge in [0.2, 0.25) is 5.88 Å². The predicted molar refractivity (Wildman–Crippen MR) is 76.3 cm³/mol. The van der Waals surface area contributed by atoms with Gasteiger partial charge in [0.25, 0.3) is 0 Å². The van der Waals surface area contributed by atoms with E-state index in [1.165, 1.54) is 18.4 Å². The number of fused-ring (bicyclic) bond motifs is 2. The Morgan fingerprint density at radius 1 is 1.30 bits per heavy atom. The molecule has 3 heterocycles. The second-order valence-corrected chi connectivity index (χ2v) is 5.83. The smallest absolute Gasteiger partial charge is 0.475 e. The first-order chi connectivity index (χ1) is 10.7. The fourth-order valence-electron chi connectivity index (χ4n) is 2.80. The van der Waals surface area contributed by atoms with Gasteiger partial charge in [0.05, 0.1) is 0 Å². The molecule has 0 unspecified atom stereocenters. The predicted octanol–water partition coefficient (Wildman–Crippen LogP) is 2.69. The number of piperidine rings is 1. The molecule has 2 saturated heterocycles. The van der Waals surface area contributed by atoms with Gasteiger partial charge in [-0.15, -0.1) is 0 Å². The number of ether oxygens (including phenoxy) is 1. The fourth-order valence-corrected chi connectivity index (χ4v) is 2.80. The van der Waals surface area contributed by atoms with Crippen molar-refractivity contribution in [1.82, 2.24) is 10.3 Å². The summed E-state index contributed by atoms with van der Waals surface area (Å²) in [5.41, 5.74) is 1.18. The molecule has 3 atom stereocenters. The molecule has 3 rings (SSSR count). The van der Waals surface area contributed by atoms with E-state index < -0.39 is 12.1 Å². The van der Waals surface area contributed by atoms with E-state index in [0.717, 1.165) is 18.7 Å². The van der Waals surface area contributed by atoms with Gasteiger partial charge in [-0.3, -0.25) is 0 Å². The second kappa shape index (κ2) is 7.16. The monoisotopic (exact) mass is 332 g/mol. The van der Waals surface area contributed by atoms with Gasteiger partial charge in [-0.25, -0.2) is 9.78 Å². The zero-order chi connectivity index (χ0) is 17.0. The molecule has 1 aromatic heterocycles. The fraction of sp³-hybridized carbons (Fsp3) is 0.600. The number of nitrogens with zero attached hydrogens (tertiary/aromatic N) is 1. The average molecular weight is 332 g/mol. The van der Waals surface area contributed by atoms with Crippen LogP contribution in [0.1, 0.15) is 31.2 Å². The van der Waals surface area contributed by atoms with Crippen molar-refractivity contribution in [1.29, 1.82) is 0 Å². The molecule has 0 aromatic carbocycles. The normalized spacial score (nSPS) is 26.2. The van der Waals surface area contributed by atoms with Gasteiger partial charge >= 0.3 is 12.1 Å². The van der Waals surface area contributed by atoms with Gasteiger partial charge in [0.1, 0.15) is 6.10 Å². The first-order valence-electron chi connectivity index (χ1n) is 7.39. The Labute approximate surface area is 131 Å². The number of hydrogen-bond donors (Lipinski definition) is 2. The highest BCUT2D eigenvalue weighted by molar-refractivity contribution is 5.73. The van der Waals surface area contributed by atoms with Crippen molar-refractivity contribution in [2.45, 2.75) is 57.0 Å². The van der Waals surface area contributed by atoms with Gasteiger partial charge in [-0.1, -0.05) is 6.07 Å². The highest BCUT2D eigenvalue weighted by Crippen LogP contribution is 2.29. The van der Waals surface area contributed by atoms with Crippen molar-refractivity contribution in [3.05, 3.63) is 23.9 Å². The van der Waals surface area contributed by atoms with Crippen LogP contribution < -0.4 is 10.1 Å². The highest BCUT2D eigenvalue weighted by atomic mass is 19.4. The van der Waals surface area contributed by atoms with Gasteiger partial charge < -0.3 is 15.2 Å². The summed E-state index contributed by atoms with van der Waals surface area (Å²) in [4.78, 5) is 13.2. The Bertz CT molecular complexity index is 522. The molecule has 2 aliphatic rings. The van der Waals surface area contributed by atoms with E-state index in [0.29, 0.717) is 18.2 Å². The van der Waals surface area contributed by atoms with E-state index >= 15 is 0 Å². The van der Waals surface area contributed by atoms with Crippen molar-refractivity contribution in [2.75, 3.05) is 0 Å². The second-order valence-electron chi connectivity index (χ2n) is 5.83. The summed E-state index contributed by atoms with van der Waals surface area (Å²) >= 11 is 0. The van der Waals surface area contributed by atoms with Crippen LogP contribution in [0, 0.1) is 6.92 Å². The molecule has 0 amide bonds. The summed E-state index contributed by atoms with van der Waals surface area (Å²) in [6.45, 7) is 2.04. The van der Waals surface area contributed by atoms with E-state index in [1.54, 1.807) is 0 Å². The molecule has 0 spiro atoms. The number of pyridine rings is 1. The minimum absolute atomic E-state index is 0.356. The summed E-state index contributed by atoms with van der Waals surface area (Å²) in [6, 6.07) is 5.38. The molecule has 1 aromatic rings. The van der Waals surface area contributed by atoms with Crippen LogP contribution in [-0.2, 0) is 4.79 Å². The lowest BCUT2D eigenvalue weighted by Crippen LogP contribution is -2.42. The summed E-state index contributed by atoms with van der Waals surface area (Å²) in [7, 11) is 0. The standard InChI is InChI=1S/C13H18N2O.C2HF3O2/c1-9-2-5-13(14-8-9)16-12-6-10-3-4-11(7-12)15-10;3-2(4,5)1(6)7/h2,5,8,10-12,15H,3-4,6-7H2,1H3;(H,6,7)/t10-,11+,12-;. The number of carbonyl (C=O) groups is 1. The number of aromatic nitrogens is 1. The molecule has 8 heteroatoms. The molecule has 23 heavy (non-hydrogen) atoms. The Hall–Kier alpha value is -1.83. The first kappa shape index (κ1) is 17.5. The van der Waals surface area contributed by atoms with Crippen LogP contribution in [-0.4, -0.2) is 40.4 Å². The van der Waals surface area contributed by atoms with E-state index in [9.17, 15) is 13.2 Å². The average Bonchev–Trinajstić information content (AvgIpc) is 2.80. The summed E-state index contributed by atoms with van der Waals surface area (Å²) in [5.74, 6) is -1.98. The Kier molecular flexibility index (Phi) is 5.46. The quantitative estimate of drug-likeness (QED) is 0.871. The topological polar surface area (TPSA) is 71.5 Å². The summed E-state index contributed by atoms with van der Waals surface area (Å²) in [6.07, 6.45) is 2.02. The van der Waals surface area contributed by atoms with Crippen molar-refractivity contribution in [2.24, 2.45) is 0 Å². The molecule has 2 fully saturated rings. The maximum atomic E-state index is 10.6. The minimum Gasteiger partial charge on any atom is -0.475 e. The van der Waals surface area contributed by atoms with E-state index in [4.69, 9.17) is 14.6 Å². The number of alkyl halides is 3. The molecule has 0 radical (unpaired) electrons. The van der Waals surface area contributed by atoms with E-state index in [-0.39, 0.29) is 0 Å². The molecule has 0 saturated carbocycles. The lowest BCUT2D eigenvalue weighted by molar-refractivity contribution is -0.192. The molecule has 128 valence electrons. The lowest BCUT2D eigenvalue weighted by atomic mass is 10.0. The third kappa shape index (κ3) is 5.38. The number of carboxylic acids is 1. The Balaban J connectivity index is 0.000000236. The molecule has 0 aliphatic carbocycles. The lowest BCUT2D eigenvalue weighted by Gasteiger charge is -2.29. The van der Waals surface area contributed by atoms with Gasteiger partial charge in [0, 0.05) is 24.3 Å². The van der Waals surface area contributed by atoms with Gasteiger partial charge in [-0.05, 0) is 38.2 Å². The number of rotatable bonds is 2. The Morgan fingerprint density at radius 2 is 1.87 bits per heavy atom. The van der Waals surface area contributed by atoms with Gasteiger partial charge in [-0.2, -0.15) is 13.2 Å². The van der Waals surface area contributed by atoms with Crippen molar-refractivity contribution >= 4 is 5.97 Å². The molecule has 5 nitrogen and oxygen atoms in total. The molecule has 2 N–H and O–H groups in total. The third-order valence-corrected chi connectivity index (χ3v) is 3.84. The van der Waals surface area contributed by atoms with Crippen molar-refractivity contribution < 1.29 is 27.8 Å². The van der Waals surface area contributed by atoms with Crippen LogP contribution in [0.3, 0.4) is 0 Å². The zero-order valence-electron chi connectivity index (χ0n) is 12.6. The molecule has 2 bridgehead atoms. The Morgan fingerprint density at radius 3 is 2.30 bits per heavy atom. The maximum absolute atomic E-state index is 10.6. The maximum Gasteiger partial charge on any atom is 0.490 e. The SMILES string of the molecule is Cc1ccc(O[C@@H]2C[C@H]3CC[C@@H](C2)N3)nc1.O=C(O)C(F)(F)F. The molecular formula is C15H19F3N2O3. The van der Waals surface area contributed by atoms with Crippen molar-refractivity contribution in [3.63, 3.8) is 0 Å². The largest absolute Gasteiger partial charge is 0.490 e. The van der Waals surface area contributed by atoms with Crippen LogP contribution in [0.15, 0.2) is 18.3 Å². The zero-order valence-corrected chi connectivity index (χ0v) is 12.6. The number of aryl methyl sites for hydroxylation is 1. The summed E-state index contributed by atoms with van der Waals surface area (Å²) in [5, 5.41) is 10.7. The number of carboxylic acid groups (broad SMARTS) is 1. The van der Waals surface area contributed by atoms with Crippen LogP contribution in [0.4, 0.5) is 13.2 Å². The van der Waals surface area contributed by atoms with Crippen LogP contribution in [0.25, 0.3) is 0 Å². The van der Waals surface area contributed by atoms with Crippen LogP contribution >= 0.6 is 0 Å². The van der Waals surface area contributed by atoms with Crippen molar-refractivity contribution in [3.8, 4) is 5.88 Å². The number of aliphatic carboxylic acids is 1. The number of halogens is 3. The van der Waals surface area contributed by atoms with Crippen LogP contribution in [0.5, 0.6) is 5.88 Å². The molecular weight excluding hydrogens is 313 g/mol. The first-order valence-corrected chi connectivity index (χ1v) is 7.39.